The standard InChI is InChI=1S/C17H18N2O4/c1-11(2)23-15-8-4-6-13(10-15)19-17(22)16(21)18-12-5-3-7-14(20)9-12/h3-11,20H,1-2H3,(H,18,21)(H,19,22). The van der Waals surface area contributed by atoms with Gasteiger partial charge in [0.25, 0.3) is 0 Å². The molecule has 0 fully saturated rings. The highest BCUT2D eigenvalue weighted by Gasteiger charge is 2.14. The Kier molecular flexibility index (Phi) is 5.19. The summed E-state index contributed by atoms with van der Waals surface area (Å²) in [6.45, 7) is 3.79. The van der Waals surface area contributed by atoms with E-state index in [1.807, 2.05) is 13.8 Å². The summed E-state index contributed by atoms with van der Waals surface area (Å²) in [5.41, 5.74) is 0.793. The van der Waals surface area contributed by atoms with Crippen LogP contribution in [0.25, 0.3) is 0 Å². The van der Waals surface area contributed by atoms with Gasteiger partial charge in [0, 0.05) is 23.5 Å². The monoisotopic (exact) mass is 314 g/mol. The van der Waals surface area contributed by atoms with E-state index in [4.69, 9.17) is 4.74 Å². The average Bonchev–Trinajstić information content (AvgIpc) is 2.46. The Morgan fingerprint density at radius 3 is 2.09 bits per heavy atom. The first-order valence-corrected chi connectivity index (χ1v) is 7.12. The average molecular weight is 314 g/mol. The first-order valence-electron chi connectivity index (χ1n) is 7.12. The lowest BCUT2D eigenvalue weighted by atomic mass is 10.3. The number of carbonyl (C=O) groups is 2. The molecule has 2 aromatic rings. The number of rotatable bonds is 4. The number of nitrogens with one attached hydrogen (secondary N) is 2. The first-order chi connectivity index (χ1) is 10.9. The van der Waals surface area contributed by atoms with Crippen LogP contribution in [-0.4, -0.2) is 23.0 Å². The van der Waals surface area contributed by atoms with Crippen molar-refractivity contribution in [1.29, 1.82) is 0 Å². The number of amides is 2. The predicted molar refractivity (Wildman–Crippen MR) is 87.6 cm³/mol. The summed E-state index contributed by atoms with van der Waals surface area (Å²) in [6.07, 6.45) is 0.00927. The van der Waals surface area contributed by atoms with Crippen LogP contribution < -0.4 is 15.4 Å². The minimum Gasteiger partial charge on any atom is -0.508 e. The third-order valence-electron chi connectivity index (χ3n) is 2.77. The lowest BCUT2D eigenvalue weighted by Gasteiger charge is -2.11. The number of benzene rings is 2. The molecule has 0 atom stereocenters. The number of hydrogen-bond donors (Lipinski definition) is 3. The lowest BCUT2D eigenvalue weighted by molar-refractivity contribution is -0.133. The molecule has 6 heteroatoms. The summed E-state index contributed by atoms with van der Waals surface area (Å²) >= 11 is 0. The summed E-state index contributed by atoms with van der Waals surface area (Å²) in [7, 11) is 0. The summed E-state index contributed by atoms with van der Waals surface area (Å²) < 4.78 is 5.53. The van der Waals surface area contributed by atoms with Gasteiger partial charge in [0.15, 0.2) is 0 Å². The molecule has 0 heterocycles. The van der Waals surface area contributed by atoms with Crippen LogP contribution in [0.1, 0.15) is 13.8 Å². The predicted octanol–water partition coefficient (Wildman–Crippen LogP) is 2.76. The maximum absolute atomic E-state index is 11.9. The van der Waals surface area contributed by atoms with E-state index in [9.17, 15) is 14.7 Å². The molecular weight excluding hydrogens is 296 g/mol. The number of aromatic hydroxyl groups is 1. The second-order valence-electron chi connectivity index (χ2n) is 5.15. The molecule has 2 amide bonds. The second-order valence-corrected chi connectivity index (χ2v) is 5.15. The highest BCUT2D eigenvalue weighted by atomic mass is 16.5. The largest absolute Gasteiger partial charge is 0.508 e. The zero-order valence-electron chi connectivity index (χ0n) is 12.9. The fourth-order valence-corrected chi connectivity index (χ4v) is 1.88. The second kappa shape index (κ2) is 7.31. The van der Waals surface area contributed by atoms with Crippen molar-refractivity contribution in [1.82, 2.24) is 0 Å². The number of hydrogen-bond acceptors (Lipinski definition) is 4. The molecular formula is C17H18N2O4. The topological polar surface area (TPSA) is 87.7 Å². The SMILES string of the molecule is CC(C)Oc1cccc(NC(=O)C(=O)Nc2cccc(O)c2)c1. The number of ether oxygens (including phenoxy) is 1. The molecule has 0 unspecified atom stereocenters. The molecule has 0 spiro atoms. The molecule has 0 radical (unpaired) electrons. The fraction of sp³-hybridized carbons (Fsp3) is 0.176. The van der Waals surface area contributed by atoms with Crippen LogP contribution in [0.4, 0.5) is 11.4 Å². The van der Waals surface area contributed by atoms with E-state index in [0.717, 1.165) is 0 Å². The zero-order valence-corrected chi connectivity index (χ0v) is 12.9. The maximum atomic E-state index is 11.9. The third kappa shape index (κ3) is 5.03. The van der Waals surface area contributed by atoms with Gasteiger partial charge in [-0.25, -0.2) is 0 Å². The van der Waals surface area contributed by atoms with Gasteiger partial charge >= 0.3 is 11.8 Å². The Morgan fingerprint density at radius 1 is 0.957 bits per heavy atom. The molecule has 0 bridgehead atoms. The van der Waals surface area contributed by atoms with Crippen molar-refractivity contribution in [3.8, 4) is 11.5 Å². The van der Waals surface area contributed by atoms with Gasteiger partial charge in [-0.3, -0.25) is 9.59 Å². The van der Waals surface area contributed by atoms with E-state index < -0.39 is 11.8 Å². The van der Waals surface area contributed by atoms with Crippen LogP contribution in [-0.2, 0) is 9.59 Å². The summed E-state index contributed by atoms with van der Waals surface area (Å²) in [6, 6.07) is 12.7. The first kappa shape index (κ1) is 16.4. The number of phenolic OH excluding ortho intramolecular Hbond substituents is 1. The van der Waals surface area contributed by atoms with E-state index in [-0.39, 0.29) is 11.9 Å². The molecule has 0 aromatic heterocycles. The molecule has 0 saturated heterocycles. The highest BCUT2D eigenvalue weighted by Crippen LogP contribution is 2.19. The zero-order chi connectivity index (χ0) is 16.8. The number of anilines is 2. The summed E-state index contributed by atoms with van der Waals surface area (Å²) in [5.74, 6) is -1.03. The van der Waals surface area contributed by atoms with Crippen molar-refractivity contribution >= 4 is 23.2 Å². The Balaban J connectivity index is 1.99. The van der Waals surface area contributed by atoms with Crippen LogP contribution in [0.3, 0.4) is 0 Å². The Hall–Kier alpha value is -3.02. The van der Waals surface area contributed by atoms with Crippen molar-refractivity contribution in [3.63, 3.8) is 0 Å². The van der Waals surface area contributed by atoms with Gasteiger partial charge in [-0.15, -0.1) is 0 Å². The Labute approximate surface area is 134 Å². The molecule has 23 heavy (non-hydrogen) atoms. The molecule has 0 aliphatic rings. The van der Waals surface area contributed by atoms with Crippen LogP contribution in [0, 0.1) is 0 Å². The third-order valence-corrected chi connectivity index (χ3v) is 2.77. The molecule has 2 aromatic carbocycles. The minimum absolute atomic E-state index is 0.00161. The van der Waals surface area contributed by atoms with Gasteiger partial charge in [-0.1, -0.05) is 12.1 Å². The van der Waals surface area contributed by atoms with Gasteiger partial charge in [0.1, 0.15) is 11.5 Å². The van der Waals surface area contributed by atoms with Gasteiger partial charge in [0.05, 0.1) is 6.10 Å². The normalized spacial score (nSPS) is 10.2. The van der Waals surface area contributed by atoms with Gasteiger partial charge < -0.3 is 20.5 Å². The van der Waals surface area contributed by atoms with Crippen LogP contribution in [0.2, 0.25) is 0 Å². The van der Waals surface area contributed by atoms with E-state index in [0.29, 0.717) is 17.1 Å². The highest BCUT2D eigenvalue weighted by molar-refractivity contribution is 6.43. The maximum Gasteiger partial charge on any atom is 0.314 e. The minimum atomic E-state index is -0.828. The van der Waals surface area contributed by atoms with Crippen molar-refractivity contribution < 1.29 is 19.4 Å². The van der Waals surface area contributed by atoms with Crippen molar-refractivity contribution in [3.05, 3.63) is 48.5 Å². The quantitative estimate of drug-likeness (QED) is 0.757. The Morgan fingerprint density at radius 2 is 1.52 bits per heavy atom. The van der Waals surface area contributed by atoms with Gasteiger partial charge in [0.2, 0.25) is 0 Å². The molecule has 0 aliphatic carbocycles. The molecule has 0 saturated carbocycles. The Bertz CT molecular complexity index is 713. The van der Waals surface area contributed by atoms with Crippen molar-refractivity contribution in [2.24, 2.45) is 0 Å². The van der Waals surface area contributed by atoms with E-state index in [1.165, 1.54) is 12.1 Å². The lowest BCUT2D eigenvalue weighted by Crippen LogP contribution is -2.29. The summed E-state index contributed by atoms with van der Waals surface area (Å²) in [4.78, 5) is 23.8. The molecule has 6 nitrogen and oxygen atoms in total. The van der Waals surface area contributed by atoms with Gasteiger partial charge in [-0.05, 0) is 38.1 Å². The van der Waals surface area contributed by atoms with E-state index in [1.54, 1.807) is 36.4 Å². The summed E-state index contributed by atoms with van der Waals surface area (Å²) in [5, 5.41) is 14.2. The van der Waals surface area contributed by atoms with Crippen LogP contribution >= 0.6 is 0 Å². The number of carbonyl (C=O) groups excluding carboxylic acids is 2. The van der Waals surface area contributed by atoms with E-state index >= 15 is 0 Å². The molecule has 120 valence electrons. The fourth-order valence-electron chi connectivity index (χ4n) is 1.88. The van der Waals surface area contributed by atoms with Gasteiger partial charge in [-0.2, -0.15) is 0 Å². The number of phenols is 1. The van der Waals surface area contributed by atoms with Crippen LogP contribution in [0.5, 0.6) is 11.5 Å². The van der Waals surface area contributed by atoms with Crippen molar-refractivity contribution in [2.45, 2.75) is 20.0 Å². The van der Waals surface area contributed by atoms with Crippen LogP contribution in [0.15, 0.2) is 48.5 Å². The smallest absolute Gasteiger partial charge is 0.314 e. The van der Waals surface area contributed by atoms with Crippen molar-refractivity contribution in [2.75, 3.05) is 10.6 Å². The molecule has 2 rings (SSSR count). The molecule has 0 aliphatic heterocycles. The molecule has 3 N–H and O–H groups in total. The van der Waals surface area contributed by atoms with E-state index in [2.05, 4.69) is 10.6 Å².